The number of amides is 2. The van der Waals surface area contributed by atoms with E-state index >= 15 is 0 Å². The van der Waals surface area contributed by atoms with Crippen LogP contribution < -0.4 is 16.3 Å². The summed E-state index contributed by atoms with van der Waals surface area (Å²) in [4.78, 5) is 37.1. The van der Waals surface area contributed by atoms with Crippen molar-refractivity contribution in [3.05, 3.63) is 64.1 Å². The number of aryl methyl sites for hydroxylation is 2. The predicted octanol–water partition coefficient (Wildman–Crippen LogP) is 2.19. The summed E-state index contributed by atoms with van der Waals surface area (Å²) in [5, 5.41) is 5.38. The fourth-order valence-corrected chi connectivity index (χ4v) is 3.19. The van der Waals surface area contributed by atoms with Crippen molar-refractivity contribution in [2.45, 2.75) is 33.9 Å². The van der Waals surface area contributed by atoms with E-state index in [-0.39, 0.29) is 24.7 Å². The molecule has 1 heterocycles. The molecule has 3 aromatic rings. The maximum absolute atomic E-state index is 12.6. The summed E-state index contributed by atoms with van der Waals surface area (Å²) in [6.45, 7) is 6.01. The first-order chi connectivity index (χ1) is 13.4. The number of hydrogen-bond acceptors (Lipinski definition) is 3. The number of nitrogens with one attached hydrogen (secondary N) is 2. The highest BCUT2D eigenvalue weighted by Crippen LogP contribution is 2.17. The van der Waals surface area contributed by atoms with E-state index < -0.39 is 5.91 Å². The molecular weight excluding hydrogens is 356 g/mol. The average molecular weight is 380 g/mol. The predicted molar refractivity (Wildman–Crippen MR) is 109 cm³/mol. The number of aromatic nitrogens is 2. The molecule has 28 heavy (non-hydrogen) atoms. The number of imidazole rings is 1. The van der Waals surface area contributed by atoms with Gasteiger partial charge in [0.2, 0.25) is 11.8 Å². The molecule has 0 saturated carbocycles. The molecule has 3 rings (SSSR count). The first-order valence-corrected chi connectivity index (χ1v) is 9.23. The normalized spacial score (nSPS) is 10.8. The number of nitrogens with zero attached hydrogens (tertiary/aromatic N) is 2. The fraction of sp³-hybridized carbons (Fsp3) is 0.286. The molecule has 0 aliphatic rings. The molecule has 0 spiro atoms. The standard InChI is InChI=1S/C21H24N4O3/c1-4-24-17-10-5-6-11-18(17)25(21(24)28)13-20(27)22-12-19(26)23-16-9-7-8-14(2)15(16)3/h5-11H,4,12-13H2,1-3H3,(H,22,27)(H,23,26). The number of carbonyl (C=O) groups is 2. The molecule has 0 aliphatic heterocycles. The zero-order valence-electron chi connectivity index (χ0n) is 16.3. The van der Waals surface area contributed by atoms with E-state index in [1.165, 1.54) is 4.57 Å². The van der Waals surface area contributed by atoms with E-state index in [1.807, 2.05) is 63.2 Å². The van der Waals surface area contributed by atoms with Crippen LogP contribution in [0.25, 0.3) is 11.0 Å². The zero-order chi connectivity index (χ0) is 20.3. The van der Waals surface area contributed by atoms with Gasteiger partial charge in [0, 0.05) is 12.2 Å². The molecule has 0 bridgehead atoms. The topological polar surface area (TPSA) is 85.1 Å². The number of anilines is 1. The Balaban J connectivity index is 1.66. The first kappa shape index (κ1) is 19.4. The van der Waals surface area contributed by atoms with E-state index in [4.69, 9.17) is 0 Å². The molecule has 2 aromatic carbocycles. The Morgan fingerprint density at radius 3 is 2.29 bits per heavy atom. The summed E-state index contributed by atoms with van der Waals surface area (Å²) >= 11 is 0. The molecule has 2 N–H and O–H groups in total. The number of fused-ring (bicyclic) bond motifs is 1. The molecule has 0 fully saturated rings. The highest BCUT2D eigenvalue weighted by atomic mass is 16.2. The van der Waals surface area contributed by atoms with Crippen molar-refractivity contribution in [1.82, 2.24) is 14.5 Å². The van der Waals surface area contributed by atoms with Crippen LogP contribution in [-0.2, 0) is 22.7 Å². The molecule has 0 unspecified atom stereocenters. The van der Waals surface area contributed by atoms with Crippen molar-refractivity contribution in [2.24, 2.45) is 0 Å². The molecule has 2 amide bonds. The van der Waals surface area contributed by atoms with Crippen molar-refractivity contribution in [1.29, 1.82) is 0 Å². The molecule has 0 radical (unpaired) electrons. The highest BCUT2D eigenvalue weighted by molar-refractivity contribution is 5.95. The van der Waals surface area contributed by atoms with Gasteiger partial charge in [-0.3, -0.25) is 18.7 Å². The van der Waals surface area contributed by atoms with Gasteiger partial charge in [-0.05, 0) is 50.1 Å². The monoisotopic (exact) mass is 380 g/mol. The van der Waals surface area contributed by atoms with Crippen LogP contribution in [0, 0.1) is 13.8 Å². The van der Waals surface area contributed by atoms with Crippen molar-refractivity contribution in [3.8, 4) is 0 Å². The van der Waals surface area contributed by atoms with Gasteiger partial charge in [-0.2, -0.15) is 0 Å². The number of rotatable bonds is 6. The third-order valence-corrected chi connectivity index (χ3v) is 4.87. The summed E-state index contributed by atoms with van der Waals surface area (Å²) in [5.41, 5.74) is 4.04. The third kappa shape index (κ3) is 3.83. The Morgan fingerprint density at radius 2 is 1.61 bits per heavy atom. The minimum absolute atomic E-state index is 0.136. The van der Waals surface area contributed by atoms with Crippen LogP contribution in [0.5, 0.6) is 0 Å². The van der Waals surface area contributed by atoms with Crippen LogP contribution in [0.3, 0.4) is 0 Å². The Hall–Kier alpha value is -3.35. The van der Waals surface area contributed by atoms with Gasteiger partial charge in [0.25, 0.3) is 0 Å². The zero-order valence-corrected chi connectivity index (χ0v) is 16.3. The van der Waals surface area contributed by atoms with Crippen molar-refractivity contribution < 1.29 is 9.59 Å². The second kappa shape index (κ2) is 8.12. The van der Waals surface area contributed by atoms with E-state index in [1.54, 1.807) is 4.57 Å². The summed E-state index contributed by atoms with van der Waals surface area (Å²) in [6, 6.07) is 13.0. The van der Waals surface area contributed by atoms with Gasteiger partial charge in [0.1, 0.15) is 6.54 Å². The molecule has 0 saturated heterocycles. The Bertz CT molecular complexity index is 1090. The first-order valence-electron chi connectivity index (χ1n) is 9.23. The number of carbonyl (C=O) groups excluding carboxylic acids is 2. The quantitative estimate of drug-likeness (QED) is 0.687. The van der Waals surface area contributed by atoms with Gasteiger partial charge >= 0.3 is 5.69 Å². The second-order valence-electron chi connectivity index (χ2n) is 6.67. The number of para-hydroxylation sites is 2. The van der Waals surface area contributed by atoms with Crippen LogP contribution in [0.1, 0.15) is 18.1 Å². The maximum atomic E-state index is 12.6. The van der Waals surface area contributed by atoms with Gasteiger partial charge in [-0.15, -0.1) is 0 Å². The molecule has 7 heteroatoms. The highest BCUT2D eigenvalue weighted by Gasteiger charge is 2.15. The average Bonchev–Trinajstić information content (AvgIpc) is 2.95. The Kier molecular flexibility index (Phi) is 5.63. The van der Waals surface area contributed by atoms with E-state index in [2.05, 4.69) is 10.6 Å². The van der Waals surface area contributed by atoms with Crippen LogP contribution in [0.2, 0.25) is 0 Å². The van der Waals surface area contributed by atoms with Gasteiger partial charge in [-0.1, -0.05) is 24.3 Å². The summed E-state index contributed by atoms with van der Waals surface area (Å²) in [5.74, 6) is -0.706. The van der Waals surface area contributed by atoms with Crippen LogP contribution >= 0.6 is 0 Å². The lowest BCUT2D eigenvalue weighted by atomic mass is 10.1. The van der Waals surface area contributed by atoms with Gasteiger partial charge in [0.05, 0.1) is 17.6 Å². The summed E-state index contributed by atoms with van der Waals surface area (Å²) in [6.07, 6.45) is 0. The molecule has 146 valence electrons. The van der Waals surface area contributed by atoms with E-state index in [0.717, 1.165) is 22.3 Å². The molecular formula is C21H24N4O3. The van der Waals surface area contributed by atoms with Crippen LogP contribution in [0.4, 0.5) is 5.69 Å². The summed E-state index contributed by atoms with van der Waals surface area (Å²) < 4.78 is 3.05. The fourth-order valence-electron chi connectivity index (χ4n) is 3.19. The van der Waals surface area contributed by atoms with Crippen LogP contribution in [0.15, 0.2) is 47.3 Å². The molecule has 0 atom stereocenters. The second-order valence-corrected chi connectivity index (χ2v) is 6.67. The summed E-state index contributed by atoms with van der Waals surface area (Å²) in [7, 11) is 0. The van der Waals surface area contributed by atoms with Crippen molar-refractivity contribution in [2.75, 3.05) is 11.9 Å². The Labute approximate surface area is 163 Å². The lowest BCUT2D eigenvalue weighted by Gasteiger charge is -2.11. The minimum atomic E-state index is -0.391. The van der Waals surface area contributed by atoms with E-state index in [9.17, 15) is 14.4 Å². The van der Waals surface area contributed by atoms with E-state index in [0.29, 0.717) is 12.1 Å². The largest absolute Gasteiger partial charge is 0.345 e. The number of hydrogen-bond donors (Lipinski definition) is 2. The lowest BCUT2D eigenvalue weighted by molar-refractivity contribution is -0.124. The van der Waals surface area contributed by atoms with Gasteiger partial charge in [-0.25, -0.2) is 4.79 Å². The van der Waals surface area contributed by atoms with Crippen molar-refractivity contribution in [3.63, 3.8) is 0 Å². The van der Waals surface area contributed by atoms with Crippen LogP contribution in [-0.4, -0.2) is 27.5 Å². The molecule has 0 aliphatic carbocycles. The molecule has 1 aromatic heterocycles. The van der Waals surface area contributed by atoms with Gasteiger partial charge < -0.3 is 10.6 Å². The maximum Gasteiger partial charge on any atom is 0.329 e. The minimum Gasteiger partial charge on any atom is -0.345 e. The lowest BCUT2D eigenvalue weighted by Crippen LogP contribution is -2.37. The Morgan fingerprint density at radius 1 is 0.929 bits per heavy atom. The van der Waals surface area contributed by atoms with Crippen molar-refractivity contribution >= 4 is 28.5 Å². The third-order valence-electron chi connectivity index (χ3n) is 4.87. The molecule has 7 nitrogen and oxygen atoms in total. The van der Waals surface area contributed by atoms with Gasteiger partial charge in [0.15, 0.2) is 0 Å². The number of benzene rings is 2. The SMILES string of the molecule is CCn1c(=O)n(CC(=O)NCC(=O)Nc2cccc(C)c2C)c2ccccc21. The smallest absolute Gasteiger partial charge is 0.329 e.